The van der Waals surface area contributed by atoms with Crippen molar-refractivity contribution in [2.75, 3.05) is 19.6 Å². The van der Waals surface area contributed by atoms with E-state index in [0.717, 1.165) is 31.7 Å². The molecule has 0 amide bonds. The molecule has 2 nitrogen and oxygen atoms in total. The van der Waals surface area contributed by atoms with Crippen LogP contribution in [0.15, 0.2) is 22.7 Å². The Kier molecular flexibility index (Phi) is 5.79. The van der Waals surface area contributed by atoms with Crippen LogP contribution in [0, 0.1) is 5.82 Å². The van der Waals surface area contributed by atoms with E-state index in [1.807, 2.05) is 12.1 Å². The zero-order valence-electron chi connectivity index (χ0n) is 11.5. The maximum Gasteiger partial charge on any atom is 0.137 e. The van der Waals surface area contributed by atoms with E-state index >= 15 is 0 Å². The van der Waals surface area contributed by atoms with E-state index in [9.17, 15) is 4.39 Å². The van der Waals surface area contributed by atoms with E-state index < -0.39 is 0 Å². The molecule has 4 heteroatoms. The Labute approximate surface area is 123 Å². The smallest absolute Gasteiger partial charge is 0.137 e. The van der Waals surface area contributed by atoms with Gasteiger partial charge in [0.1, 0.15) is 5.82 Å². The molecular weight excluding hydrogens is 307 g/mol. The Morgan fingerprint density at radius 2 is 2.26 bits per heavy atom. The van der Waals surface area contributed by atoms with Crippen LogP contribution >= 0.6 is 15.9 Å². The molecule has 106 valence electrons. The minimum absolute atomic E-state index is 0.194. The van der Waals surface area contributed by atoms with Gasteiger partial charge in [-0.05, 0) is 59.6 Å². The van der Waals surface area contributed by atoms with Gasteiger partial charge in [-0.2, -0.15) is 0 Å². The van der Waals surface area contributed by atoms with Gasteiger partial charge in [0.05, 0.1) is 4.47 Å². The highest BCUT2D eigenvalue weighted by Crippen LogP contribution is 2.18. The Bertz CT molecular complexity index is 405. The zero-order valence-corrected chi connectivity index (χ0v) is 13.0. The van der Waals surface area contributed by atoms with Gasteiger partial charge in [-0.15, -0.1) is 0 Å². The Balaban J connectivity index is 1.92. The lowest BCUT2D eigenvalue weighted by molar-refractivity contribution is 0.226. The van der Waals surface area contributed by atoms with E-state index in [4.69, 9.17) is 0 Å². The van der Waals surface area contributed by atoms with Crippen LogP contribution in [0.3, 0.4) is 0 Å². The van der Waals surface area contributed by atoms with Gasteiger partial charge in [0, 0.05) is 19.1 Å². The van der Waals surface area contributed by atoms with Crippen LogP contribution in [0.5, 0.6) is 0 Å². The second-order valence-corrected chi connectivity index (χ2v) is 6.08. The van der Waals surface area contributed by atoms with E-state index in [1.165, 1.54) is 25.3 Å². The largest absolute Gasteiger partial charge is 0.313 e. The van der Waals surface area contributed by atoms with Crippen molar-refractivity contribution in [2.45, 2.75) is 38.8 Å². The van der Waals surface area contributed by atoms with Gasteiger partial charge >= 0.3 is 0 Å². The van der Waals surface area contributed by atoms with Gasteiger partial charge in [-0.25, -0.2) is 4.39 Å². The molecule has 1 saturated heterocycles. The number of piperidine rings is 1. The molecule has 0 saturated carbocycles. The summed E-state index contributed by atoms with van der Waals surface area (Å²) in [6, 6.07) is 5.90. The van der Waals surface area contributed by atoms with Crippen molar-refractivity contribution in [2.24, 2.45) is 0 Å². The molecule has 1 fully saturated rings. The third-order valence-electron chi connectivity index (χ3n) is 3.73. The molecule has 1 aromatic rings. The first kappa shape index (κ1) is 14.9. The van der Waals surface area contributed by atoms with Crippen LogP contribution in [0.1, 0.15) is 31.7 Å². The van der Waals surface area contributed by atoms with Crippen molar-refractivity contribution in [1.29, 1.82) is 0 Å². The molecule has 1 atom stereocenters. The van der Waals surface area contributed by atoms with Gasteiger partial charge in [0.2, 0.25) is 0 Å². The summed E-state index contributed by atoms with van der Waals surface area (Å²) >= 11 is 3.25. The molecule has 0 aliphatic carbocycles. The standard InChI is InChI=1S/C15H22BrFN2/c1-2-19(11-13-5-3-4-8-18-13)10-12-6-7-15(17)14(16)9-12/h6-7,9,13,18H,2-5,8,10-11H2,1H3. The lowest BCUT2D eigenvalue weighted by Gasteiger charge is -2.30. The summed E-state index contributed by atoms with van der Waals surface area (Å²) in [6.07, 6.45) is 3.90. The highest BCUT2D eigenvalue weighted by molar-refractivity contribution is 9.10. The summed E-state index contributed by atoms with van der Waals surface area (Å²) in [6.45, 7) is 6.30. The minimum atomic E-state index is -0.194. The third kappa shape index (κ3) is 4.55. The Morgan fingerprint density at radius 1 is 1.42 bits per heavy atom. The monoisotopic (exact) mass is 328 g/mol. The Morgan fingerprint density at radius 3 is 2.89 bits per heavy atom. The first-order chi connectivity index (χ1) is 9.19. The predicted octanol–water partition coefficient (Wildman–Crippen LogP) is 3.55. The normalized spacial score (nSPS) is 19.9. The maximum atomic E-state index is 13.2. The Hall–Kier alpha value is -0.450. The fourth-order valence-corrected chi connectivity index (χ4v) is 3.02. The van der Waals surface area contributed by atoms with Gasteiger partial charge in [-0.3, -0.25) is 4.90 Å². The van der Waals surface area contributed by atoms with Crippen LogP contribution in [0.25, 0.3) is 0 Å². The predicted molar refractivity (Wildman–Crippen MR) is 80.7 cm³/mol. The molecule has 0 aromatic heterocycles. The average molecular weight is 329 g/mol. The minimum Gasteiger partial charge on any atom is -0.313 e. The highest BCUT2D eigenvalue weighted by Gasteiger charge is 2.16. The molecule has 1 heterocycles. The molecule has 0 spiro atoms. The number of rotatable bonds is 5. The fraction of sp³-hybridized carbons (Fsp3) is 0.600. The van der Waals surface area contributed by atoms with E-state index in [-0.39, 0.29) is 5.82 Å². The van der Waals surface area contributed by atoms with Crippen molar-refractivity contribution in [1.82, 2.24) is 10.2 Å². The quantitative estimate of drug-likeness (QED) is 0.889. The van der Waals surface area contributed by atoms with Crippen molar-refractivity contribution < 1.29 is 4.39 Å². The summed E-state index contributed by atoms with van der Waals surface area (Å²) in [4.78, 5) is 2.42. The maximum absolute atomic E-state index is 13.2. The molecule has 2 rings (SSSR count). The number of nitrogens with zero attached hydrogens (tertiary/aromatic N) is 1. The number of benzene rings is 1. The summed E-state index contributed by atoms with van der Waals surface area (Å²) < 4.78 is 13.8. The number of hydrogen-bond donors (Lipinski definition) is 1. The van der Waals surface area contributed by atoms with Crippen molar-refractivity contribution in [3.63, 3.8) is 0 Å². The molecule has 0 bridgehead atoms. The van der Waals surface area contributed by atoms with Gasteiger partial charge in [-0.1, -0.05) is 19.4 Å². The summed E-state index contributed by atoms with van der Waals surface area (Å²) in [5, 5.41) is 3.58. The van der Waals surface area contributed by atoms with Gasteiger partial charge in [0.25, 0.3) is 0 Å². The lowest BCUT2D eigenvalue weighted by Crippen LogP contribution is -2.43. The fourth-order valence-electron chi connectivity index (χ4n) is 2.59. The number of halogens is 2. The highest BCUT2D eigenvalue weighted by atomic mass is 79.9. The summed E-state index contributed by atoms with van der Waals surface area (Å²) in [5.41, 5.74) is 1.16. The van der Waals surface area contributed by atoms with Crippen molar-refractivity contribution in [3.05, 3.63) is 34.1 Å². The number of nitrogens with one attached hydrogen (secondary N) is 1. The molecule has 19 heavy (non-hydrogen) atoms. The van der Waals surface area contributed by atoms with Crippen LogP contribution in [0.2, 0.25) is 0 Å². The molecule has 1 unspecified atom stereocenters. The third-order valence-corrected chi connectivity index (χ3v) is 4.34. The number of hydrogen-bond acceptors (Lipinski definition) is 2. The molecule has 1 aliphatic rings. The second-order valence-electron chi connectivity index (χ2n) is 5.22. The van der Waals surface area contributed by atoms with Crippen LogP contribution in [-0.4, -0.2) is 30.6 Å². The SMILES string of the molecule is CCN(Cc1ccc(F)c(Br)c1)CC1CCCCN1. The first-order valence-corrected chi connectivity index (χ1v) is 7.88. The van der Waals surface area contributed by atoms with E-state index in [2.05, 4.69) is 33.1 Å². The molecular formula is C15H22BrFN2. The molecule has 1 N–H and O–H groups in total. The van der Waals surface area contributed by atoms with Gasteiger partial charge in [0.15, 0.2) is 0 Å². The molecule has 1 aromatic carbocycles. The zero-order chi connectivity index (χ0) is 13.7. The van der Waals surface area contributed by atoms with Crippen molar-refractivity contribution >= 4 is 15.9 Å². The molecule has 0 radical (unpaired) electrons. The van der Waals surface area contributed by atoms with Crippen molar-refractivity contribution in [3.8, 4) is 0 Å². The summed E-state index contributed by atoms with van der Waals surface area (Å²) in [5.74, 6) is -0.194. The van der Waals surface area contributed by atoms with Gasteiger partial charge < -0.3 is 5.32 Å². The van der Waals surface area contributed by atoms with E-state index in [1.54, 1.807) is 0 Å². The topological polar surface area (TPSA) is 15.3 Å². The van der Waals surface area contributed by atoms with E-state index in [0.29, 0.717) is 10.5 Å². The first-order valence-electron chi connectivity index (χ1n) is 7.08. The number of likely N-dealkylation sites (N-methyl/N-ethyl adjacent to an activating group) is 1. The lowest BCUT2D eigenvalue weighted by atomic mass is 10.0. The van der Waals surface area contributed by atoms with Crippen LogP contribution in [0.4, 0.5) is 4.39 Å². The second kappa shape index (κ2) is 7.36. The molecule has 1 aliphatic heterocycles. The van der Waals surface area contributed by atoms with Crippen LogP contribution in [-0.2, 0) is 6.54 Å². The average Bonchev–Trinajstić information content (AvgIpc) is 2.43. The van der Waals surface area contributed by atoms with Crippen LogP contribution < -0.4 is 5.32 Å². The summed E-state index contributed by atoms with van der Waals surface area (Å²) in [7, 11) is 0.